The second-order valence-corrected chi connectivity index (χ2v) is 8.28. The molecule has 10 heteroatoms. The lowest BCUT2D eigenvalue weighted by Gasteiger charge is -2.20. The zero-order chi connectivity index (χ0) is 22.1. The number of carbonyl (C=O) groups is 2. The first-order chi connectivity index (χ1) is 15.1. The second kappa shape index (κ2) is 11.7. The van der Waals surface area contributed by atoms with Crippen LogP contribution in [0.5, 0.6) is 5.75 Å². The van der Waals surface area contributed by atoms with Gasteiger partial charge in [-0.1, -0.05) is 31.0 Å². The SMILES string of the molecule is COCCn1c(SCC(=O)NNC(=O)C2CCCCC2)nnc1-c1ccc(OC)cc1. The molecular formula is C21H29N5O4S. The molecule has 0 unspecified atom stereocenters. The first-order valence-corrected chi connectivity index (χ1v) is 11.4. The van der Waals surface area contributed by atoms with Crippen molar-refractivity contribution in [3.63, 3.8) is 0 Å². The van der Waals surface area contributed by atoms with Crippen molar-refractivity contribution in [3.05, 3.63) is 24.3 Å². The Morgan fingerprint density at radius 2 is 1.84 bits per heavy atom. The first-order valence-electron chi connectivity index (χ1n) is 10.4. The van der Waals surface area contributed by atoms with Gasteiger partial charge in [-0.25, -0.2) is 0 Å². The van der Waals surface area contributed by atoms with Crippen molar-refractivity contribution < 1.29 is 19.1 Å². The number of amides is 2. The highest BCUT2D eigenvalue weighted by Gasteiger charge is 2.21. The molecule has 168 valence electrons. The van der Waals surface area contributed by atoms with Gasteiger partial charge < -0.3 is 9.47 Å². The third-order valence-corrected chi connectivity index (χ3v) is 6.18. The lowest BCUT2D eigenvalue weighted by molar-refractivity contribution is -0.131. The minimum absolute atomic E-state index is 0.00843. The predicted octanol–water partition coefficient (Wildman–Crippen LogP) is 2.42. The van der Waals surface area contributed by atoms with Crippen LogP contribution in [0, 0.1) is 5.92 Å². The number of aromatic nitrogens is 3. The largest absolute Gasteiger partial charge is 0.497 e. The van der Waals surface area contributed by atoms with E-state index in [0.29, 0.717) is 24.1 Å². The molecule has 9 nitrogen and oxygen atoms in total. The minimum atomic E-state index is -0.290. The van der Waals surface area contributed by atoms with Crippen molar-refractivity contribution in [2.75, 3.05) is 26.6 Å². The summed E-state index contributed by atoms with van der Waals surface area (Å²) in [5, 5.41) is 9.16. The number of thioether (sulfide) groups is 1. The molecule has 3 rings (SSSR count). The smallest absolute Gasteiger partial charge is 0.248 e. The summed E-state index contributed by atoms with van der Waals surface area (Å²) in [6.45, 7) is 1.03. The normalized spacial score (nSPS) is 14.3. The third-order valence-electron chi connectivity index (χ3n) is 5.22. The van der Waals surface area contributed by atoms with Crippen molar-refractivity contribution in [2.24, 2.45) is 5.92 Å². The van der Waals surface area contributed by atoms with Crippen LogP contribution in [0.3, 0.4) is 0 Å². The van der Waals surface area contributed by atoms with Crippen LogP contribution in [-0.2, 0) is 20.9 Å². The monoisotopic (exact) mass is 447 g/mol. The van der Waals surface area contributed by atoms with Crippen LogP contribution < -0.4 is 15.6 Å². The van der Waals surface area contributed by atoms with Gasteiger partial charge in [0.15, 0.2) is 11.0 Å². The van der Waals surface area contributed by atoms with E-state index in [1.165, 1.54) is 18.2 Å². The summed E-state index contributed by atoms with van der Waals surface area (Å²) in [4.78, 5) is 24.4. The molecule has 1 aromatic heterocycles. The highest BCUT2D eigenvalue weighted by Crippen LogP contribution is 2.26. The zero-order valence-electron chi connectivity index (χ0n) is 17.9. The number of ether oxygens (including phenoxy) is 2. The van der Waals surface area contributed by atoms with Crippen LogP contribution in [0.2, 0.25) is 0 Å². The zero-order valence-corrected chi connectivity index (χ0v) is 18.7. The van der Waals surface area contributed by atoms with Gasteiger partial charge in [-0.05, 0) is 37.1 Å². The quantitative estimate of drug-likeness (QED) is 0.449. The number of benzene rings is 1. The van der Waals surface area contributed by atoms with E-state index < -0.39 is 0 Å². The van der Waals surface area contributed by atoms with Crippen LogP contribution in [0.4, 0.5) is 0 Å². The van der Waals surface area contributed by atoms with E-state index >= 15 is 0 Å². The predicted molar refractivity (Wildman–Crippen MR) is 117 cm³/mol. The number of nitrogens with one attached hydrogen (secondary N) is 2. The minimum Gasteiger partial charge on any atom is -0.497 e. The lowest BCUT2D eigenvalue weighted by atomic mass is 9.89. The molecular weight excluding hydrogens is 418 g/mol. The molecule has 1 saturated carbocycles. The Labute approximate surface area is 186 Å². The van der Waals surface area contributed by atoms with Crippen LogP contribution >= 0.6 is 11.8 Å². The number of carbonyl (C=O) groups excluding carboxylic acids is 2. The average Bonchev–Trinajstić information content (AvgIpc) is 3.23. The molecule has 0 bridgehead atoms. The fourth-order valence-corrected chi connectivity index (χ4v) is 4.26. The van der Waals surface area contributed by atoms with Gasteiger partial charge >= 0.3 is 0 Å². The fourth-order valence-electron chi connectivity index (χ4n) is 3.50. The highest BCUT2D eigenvalue weighted by molar-refractivity contribution is 7.99. The number of rotatable bonds is 9. The molecule has 0 atom stereocenters. The molecule has 0 aliphatic heterocycles. The average molecular weight is 448 g/mol. The number of hydrazine groups is 1. The molecule has 1 aromatic carbocycles. The van der Waals surface area contributed by atoms with Crippen LogP contribution in [-0.4, -0.2) is 53.2 Å². The Morgan fingerprint density at radius 3 is 2.52 bits per heavy atom. The number of nitrogens with zero attached hydrogens (tertiary/aromatic N) is 3. The summed E-state index contributed by atoms with van der Waals surface area (Å²) in [5.74, 6) is 1.15. The standard InChI is InChI=1S/C21H29N5O4S/c1-29-13-12-26-19(15-8-10-17(30-2)11-9-15)23-25-21(26)31-14-18(27)22-24-20(28)16-6-4-3-5-7-16/h8-11,16H,3-7,12-14H2,1-2H3,(H,22,27)(H,24,28). The summed E-state index contributed by atoms with van der Waals surface area (Å²) in [6, 6.07) is 7.54. The van der Waals surface area contributed by atoms with E-state index in [9.17, 15) is 9.59 Å². The van der Waals surface area contributed by atoms with Gasteiger partial charge in [-0.3, -0.25) is 25.0 Å². The third kappa shape index (κ3) is 6.44. The van der Waals surface area contributed by atoms with E-state index in [4.69, 9.17) is 9.47 Å². The Balaban J connectivity index is 1.58. The molecule has 0 saturated heterocycles. The van der Waals surface area contributed by atoms with Gasteiger partial charge in [-0.15, -0.1) is 10.2 Å². The molecule has 0 radical (unpaired) electrons. The Hall–Kier alpha value is -2.59. The van der Waals surface area contributed by atoms with Gasteiger partial charge in [0.05, 0.1) is 26.0 Å². The number of hydrogen-bond acceptors (Lipinski definition) is 7. The molecule has 1 heterocycles. The van der Waals surface area contributed by atoms with Crippen molar-refractivity contribution in [3.8, 4) is 17.1 Å². The molecule has 0 spiro atoms. The summed E-state index contributed by atoms with van der Waals surface area (Å²) < 4.78 is 12.3. The van der Waals surface area contributed by atoms with Crippen LogP contribution in [0.25, 0.3) is 11.4 Å². The fraction of sp³-hybridized carbons (Fsp3) is 0.524. The Morgan fingerprint density at radius 1 is 1.10 bits per heavy atom. The van der Waals surface area contributed by atoms with E-state index in [1.54, 1.807) is 14.2 Å². The van der Waals surface area contributed by atoms with Crippen molar-refractivity contribution >= 4 is 23.6 Å². The molecule has 2 N–H and O–H groups in total. The summed E-state index contributed by atoms with van der Waals surface area (Å²) in [5.41, 5.74) is 5.95. The molecule has 31 heavy (non-hydrogen) atoms. The Kier molecular flexibility index (Phi) is 8.72. The van der Waals surface area contributed by atoms with Gasteiger partial charge in [0.2, 0.25) is 11.8 Å². The highest BCUT2D eigenvalue weighted by atomic mass is 32.2. The van der Waals surface area contributed by atoms with E-state index in [-0.39, 0.29) is 23.5 Å². The molecule has 2 amide bonds. The number of methoxy groups -OCH3 is 2. The molecule has 1 fully saturated rings. The number of hydrogen-bond donors (Lipinski definition) is 2. The van der Waals surface area contributed by atoms with Crippen LogP contribution in [0.1, 0.15) is 32.1 Å². The van der Waals surface area contributed by atoms with Crippen molar-refractivity contribution in [2.45, 2.75) is 43.8 Å². The first kappa shape index (κ1) is 23.1. The van der Waals surface area contributed by atoms with E-state index in [0.717, 1.165) is 37.0 Å². The van der Waals surface area contributed by atoms with Crippen molar-refractivity contribution in [1.29, 1.82) is 0 Å². The summed E-state index contributed by atoms with van der Waals surface area (Å²) in [6.07, 6.45) is 5.07. The second-order valence-electron chi connectivity index (χ2n) is 7.34. The molecule has 1 aliphatic rings. The summed E-state index contributed by atoms with van der Waals surface area (Å²) in [7, 11) is 3.25. The van der Waals surface area contributed by atoms with Crippen molar-refractivity contribution in [1.82, 2.24) is 25.6 Å². The van der Waals surface area contributed by atoms with E-state index in [1.807, 2.05) is 28.8 Å². The van der Waals surface area contributed by atoms with Crippen LogP contribution in [0.15, 0.2) is 29.4 Å². The molecule has 1 aliphatic carbocycles. The van der Waals surface area contributed by atoms with Gasteiger partial charge in [-0.2, -0.15) is 0 Å². The van der Waals surface area contributed by atoms with Gasteiger partial charge in [0.25, 0.3) is 0 Å². The molecule has 2 aromatic rings. The van der Waals surface area contributed by atoms with E-state index in [2.05, 4.69) is 21.0 Å². The van der Waals surface area contributed by atoms with Gasteiger partial charge in [0.1, 0.15) is 5.75 Å². The topological polar surface area (TPSA) is 107 Å². The Bertz CT molecular complexity index is 865. The maximum atomic E-state index is 12.2. The maximum absolute atomic E-state index is 12.2. The maximum Gasteiger partial charge on any atom is 0.248 e. The summed E-state index contributed by atoms with van der Waals surface area (Å²) >= 11 is 1.26. The van der Waals surface area contributed by atoms with Gasteiger partial charge in [0, 0.05) is 18.6 Å². The lowest BCUT2D eigenvalue weighted by Crippen LogP contribution is -2.45.